The van der Waals surface area contributed by atoms with Crippen molar-refractivity contribution in [3.05, 3.63) is 70.8 Å². The third kappa shape index (κ3) is 10.8. The molecule has 0 saturated carbocycles. The van der Waals surface area contributed by atoms with Gasteiger partial charge in [0.25, 0.3) is 0 Å². The summed E-state index contributed by atoms with van der Waals surface area (Å²) in [6.45, 7) is 3.87. The number of H-pyrrole nitrogens is 1. The number of benzene rings is 2. The Bertz CT molecular complexity index is 1560. The fourth-order valence-corrected chi connectivity index (χ4v) is 5.10. The highest BCUT2D eigenvalue weighted by molar-refractivity contribution is 6.30. The number of carbonyl (C=O) groups excluding carboxylic acids is 2. The second kappa shape index (κ2) is 18.1. The molecule has 47 heavy (non-hydrogen) atoms. The zero-order chi connectivity index (χ0) is 33.6. The molecule has 1 unspecified atom stereocenters. The topological polar surface area (TPSA) is 190 Å². The molecule has 4 aromatic rings. The Labute approximate surface area is 276 Å². The third-order valence-corrected chi connectivity index (χ3v) is 7.54. The predicted octanol–water partition coefficient (Wildman–Crippen LogP) is 5.11. The number of aromatic nitrogens is 6. The smallest absolute Gasteiger partial charge is 0.408 e. The average Bonchev–Trinajstić information content (AvgIpc) is 3.70. The highest BCUT2D eigenvalue weighted by Gasteiger charge is 2.19. The van der Waals surface area contributed by atoms with Crippen LogP contribution in [0.3, 0.4) is 0 Å². The van der Waals surface area contributed by atoms with Crippen LogP contribution in [0.5, 0.6) is 0 Å². The molecule has 0 saturated heterocycles. The summed E-state index contributed by atoms with van der Waals surface area (Å²) in [5.74, 6) is 0.686. The quantitative estimate of drug-likeness (QED) is 0.0622. The molecule has 0 spiro atoms. The molecule has 2 heterocycles. The normalized spacial score (nSPS) is 11.9. The monoisotopic (exact) mass is 670 g/mol. The number of unbranched alkanes of at least 4 members (excludes halogenated alkanes) is 2. The summed E-state index contributed by atoms with van der Waals surface area (Å²) in [4.78, 5) is 33.7. The Hall–Kier alpha value is -4.41. The summed E-state index contributed by atoms with van der Waals surface area (Å²) in [7, 11) is 0. The largest absolute Gasteiger partial charge is 0.464 e. The summed E-state index contributed by atoms with van der Waals surface area (Å²) in [5, 5.41) is 34.0. The second-order valence-corrected chi connectivity index (χ2v) is 11.1. The fourth-order valence-electron chi connectivity index (χ4n) is 4.85. The third-order valence-electron chi connectivity index (χ3n) is 7.23. The van der Waals surface area contributed by atoms with E-state index in [0.29, 0.717) is 43.7 Å². The van der Waals surface area contributed by atoms with Crippen LogP contribution in [0.1, 0.15) is 63.0 Å². The number of nitrogens with zero attached hydrogens (tertiary/aromatic N) is 6. The average molecular weight is 671 g/mol. The molecule has 0 bridgehead atoms. The van der Waals surface area contributed by atoms with Gasteiger partial charge in [0.1, 0.15) is 19.0 Å². The minimum Gasteiger partial charge on any atom is -0.464 e. The van der Waals surface area contributed by atoms with Crippen molar-refractivity contribution >= 4 is 23.7 Å². The zero-order valence-electron chi connectivity index (χ0n) is 26.3. The molecule has 0 aliphatic carbocycles. The van der Waals surface area contributed by atoms with Crippen LogP contribution in [0.4, 0.5) is 4.79 Å². The maximum Gasteiger partial charge on any atom is 0.408 e. The van der Waals surface area contributed by atoms with E-state index < -0.39 is 18.2 Å². The minimum atomic E-state index is -0.797. The van der Waals surface area contributed by atoms with E-state index in [9.17, 15) is 9.59 Å². The zero-order valence-corrected chi connectivity index (χ0v) is 27.0. The second-order valence-electron chi connectivity index (χ2n) is 10.7. The van der Waals surface area contributed by atoms with E-state index in [-0.39, 0.29) is 30.3 Å². The van der Waals surface area contributed by atoms with Crippen LogP contribution in [0.25, 0.3) is 22.5 Å². The van der Waals surface area contributed by atoms with Crippen molar-refractivity contribution < 1.29 is 34.3 Å². The molecular weight excluding hydrogens is 632 g/mol. The molecule has 4 rings (SSSR count). The number of amides is 1. The molecule has 2 aromatic carbocycles. The number of tetrazole rings is 1. The van der Waals surface area contributed by atoms with E-state index in [0.717, 1.165) is 40.9 Å². The molecule has 16 heteroatoms. The summed E-state index contributed by atoms with van der Waals surface area (Å²) < 4.78 is 12.5. The van der Waals surface area contributed by atoms with E-state index in [1.165, 1.54) is 0 Å². The lowest BCUT2D eigenvalue weighted by atomic mass is 9.98. The number of halogens is 1. The number of aryl methyl sites for hydroxylation is 1. The highest BCUT2D eigenvalue weighted by atomic mass is 35.5. The highest BCUT2D eigenvalue weighted by Crippen LogP contribution is 2.30. The first-order valence-electron chi connectivity index (χ1n) is 15.3. The number of hydrogen-bond acceptors (Lipinski definition) is 12. The van der Waals surface area contributed by atoms with Gasteiger partial charge in [0, 0.05) is 18.5 Å². The van der Waals surface area contributed by atoms with Crippen LogP contribution in [0.2, 0.25) is 5.15 Å². The van der Waals surface area contributed by atoms with Crippen molar-refractivity contribution in [3.8, 4) is 22.5 Å². The number of rotatable bonds is 18. The Balaban J connectivity index is 1.33. The van der Waals surface area contributed by atoms with E-state index in [4.69, 9.17) is 31.5 Å². The molecule has 0 radical (unpaired) electrons. The molecule has 4 N–H and O–H groups in total. The first kappa shape index (κ1) is 35.4. The fraction of sp³-hybridized carbons (Fsp3) is 0.419. The van der Waals surface area contributed by atoms with Crippen LogP contribution < -0.4 is 5.32 Å². The van der Waals surface area contributed by atoms with Gasteiger partial charge < -0.3 is 19.4 Å². The Morgan fingerprint density at radius 3 is 2.53 bits per heavy atom. The lowest BCUT2D eigenvalue weighted by Gasteiger charge is -2.14. The van der Waals surface area contributed by atoms with Gasteiger partial charge in [-0.05, 0) is 54.5 Å². The number of esters is 1. The number of ether oxygens (including phenoxy) is 2. The number of alkyl carbamates (subject to hydrolysis) is 1. The van der Waals surface area contributed by atoms with Crippen LogP contribution in [0.15, 0.2) is 48.5 Å². The number of carbonyl (C=O) groups is 2. The van der Waals surface area contributed by atoms with Crippen molar-refractivity contribution in [1.29, 1.82) is 0 Å². The molecule has 2 aromatic heterocycles. The van der Waals surface area contributed by atoms with Gasteiger partial charge in [-0.2, -0.15) is 5.21 Å². The molecule has 15 nitrogen and oxygen atoms in total. The lowest BCUT2D eigenvalue weighted by Crippen LogP contribution is -2.31. The van der Waals surface area contributed by atoms with Crippen LogP contribution in [0, 0.1) is 0 Å². The van der Waals surface area contributed by atoms with Gasteiger partial charge in [0.2, 0.25) is 5.82 Å². The SMILES string of the molecule is CCCCc1nc(Cl)c(COC(=O)NCC(=O)OCCCCC(C)ON(O)O)n1Cc1ccc(-c2ccccc2-c2nn[nH]n2)cc1. The standard InChI is InChI=1S/C31H39ClN8O7/c1-3-4-12-27-34-29(32)26(20-46-31(42)33-18-28(41)45-17-8-7-9-21(2)47-40(43)44)39(27)19-22-13-15-23(16-14-22)24-10-5-6-11-25(24)30-35-37-38-36-30/h5-6,10-11,13-16,21,43-44H,3-4,7-9,12,17-20H2,1-2H3,(H,33,42)(H,35,36,37,38). The van der Waals surface area contributed by atoms with Gasteiger partial charge in [-0.1, -0.05) is 73.5 Å². The maximum atomic E-state index is 12.4. The number of hydrogen-bond donors (Lipinski definition) is 4. The Morgan fingerprint density at radius 2 is 1.83 bits per heavy atom. The van der Waals surface area contributed by atoms with Gasteiger partial charge in [0.05, 0.1) is 23.8 Å². The van der Waals surface area contributed by atoms with E-state index in [1.54, 1.807) is 6.92 Å². The van der Waals surface area contributed by atoms with Crippen LogP contribution >= 0.6 is 11.6 Å². The maximum absolute atomic E-state index is 12.4. The van der Waals surface area contributed by atoms with Crippen molar-refractivity contribution in [2.75, 3.05) is 13.2 Å². The molecule has 1 amide bonds. The molecular formula is C31H39ClN8O7. The molecule has 252 valence electrons. The predicted molar refractivity (Wildman–Crippen MR) is 169 cm³/mol. The number of imidazole rings is 1. The van der Waals surface area contributed by atoms with Gasteiger partial charge in [-0.3, -0.25) is 15.2 Å². The summed E-state index contributed by atoms with van der Waals surface area (Å²) >= 11 is 6.53. The van der Waals surface area contributed by atoms with Crippen LogP contribution in [-0.2, 0) is 38.7 Å². The van der Waals surface area contributed by atoms with Crippen molar-refractivity contribution in [3.63, 3.8) is 0 Å². The lowest BCUT2D eigenvalue weighted by molar-refractivity contribution is -0.503. The summed E-state index contributed by atoms with van der Waals surface area (Å²) in [5.41, 5.74) is 4.36. The van der Waals surface area contributed by atoms with E-state index in [1.807, 2.05) is 53.1 Å². The molecule has 0 aliphatic rings. The van der Waals surface area contributed by atoms with Gasteiger partial charge >= 0.3 is 12.1 Å². The van der Waals surface area contributed by atoms with E-state index in [2.05, 4.69) is 42.7 Å². The van der Waals surface area contributed by atoms with Crippen molar-refractivity contribution in [2.45, 2.75) is 71.6 Å². The first-order valence-corrected chi connectivity index (χ1v) is 15.7. The summed E-state index contributed by atoms with van der Waals surface area (Å²) in [6.07, 6.45) is 3.09. The molecule has 0 aliphatic heterocycles. The molecule has 1 atom stereocenters. The van der Waals surface area contributed by atoms with Crippen LogP contribution in [-0.4, -0.2) is 77.3 Å². The molecule has 0 fully saturated rings. The van der Waals surface area contributed by atoms with E-state index >= 15 is 0 Å². The van der Waals surface area contributed by atoms with Gasteiger partial charge in [-0.25, -0.2) is 14.6 Å². The summed E-state index contributed by atoms with van der Waals surface area (Å²) in [6, 6.07) is 15.9. The minimum absolute atomic E-state index is 0.144. The number of nitrogens with one attached hydrogen (secondary N) is 2. The first-order chi connectivity index (χ1) is 22.7. The van der Waals surface area contributed by atoms with Crippen molar-refractivity contribution in [1.82, 2.24) is 40.9 Å². The van der Waals surface area contributed by atoms with Gasteiger partial charge in [-0.15, -0.1) is 10.2 Å². The number of aromatic amines is 1. The van der Waals surface area contributed by atoms with Gasteiger partial charge in [0.15, 0.2) is 5.15 Å². The Morgan fingerprint density at radius 1 is 1.06 bits per heavy atom. The van der Waals surface area contributed by atoms with Crippen molar-refractivity contribution in [2.24, 2.45) is 0 Å². The Kier molecular flexibility index (Phi) is 13.6.